The summed E-state index contributed by atoms with van der Waals surface area (Å²) in [6.07, 6.45) is 2.24. The minimum Gasteiger partial charge on any atom is -0.541 e. The molecule has 0 amide bonds. The molecule has 0 aliphatic rings. The first-order valence-electron chi connectivity index (χ1n) is 2.82. The molecule has 0 radical (unpaired) electrons. The molecule has 10 heavy (non-hydrogen) atoms. The molecule has 0 unspecified atom stereocenters. The third-order valence-corrected chi connectivity index (χ3v) is 1.12. The average Bonchev–Trinajstić information content (AvgIpc) is 1.91. The number of hydrogen-bond donors (Lipinski definition) is 0. The fourth-order valence-corrected chi connectivity index (χ4v) is 0.679. The second-order valence-corrected chi connectivity index (χ2v) is 1.81. The van der Waals surface area contributed by atoms with Crippen LogP contribution in [0, 0.1) is 0 Å². The van der Waals surface area contributed by atoms with Gasteiger partial charge in [0.1, 0.15) is 0 Å². The van der Waals surface area contributed by atoms with Gasteiger partial charge in [-0.1, -0.05) is 35.9 Å². The summed E-state index contributed by atoms with van der Waals surface area (Å²) < 4.78 is 0. The Morgan fingerprint density at radius 1 is 1.20 bits per heavy atom. The summed E-state index contributed by atoms with van der Waals surface area (Å²) in [6.45, 7) is 0. The first-order valence-corrected chi connectivity index (χ1v) is 2.82. The molecule has 1 aromatic rings. The van der Waals surface area contributed by atoms with Gasteiger partial charge in [-0.25, -0.2) is 0 Å². The predicted octanol–water partition coefficient (Wildman–Crippen LogP) is 1.34. The van der Waals surface area contributed by atoms with Gasteiger partial charge in [0.05, 0.1) is 0 Å². The Morgan fingerprint density at radius 2 is 1.80 bits per heavy atom. The molecule has 0 saturated carbocycles. The van der Waals surface area contributed by atoms with E-state index >= 15 is 0 Å². The summed E-state index contributed by atoms with van der Waals surface area (Å²) >= 11 is 0. The van der Waals surface area contributed by atoms with Crippen molar-refractivity contribution in [3.05, 3.63) is 35.9 Å². The number of carbonyl (C=O) groups excluding carboxylic acids is 1. The minimum atomic E-state index is 0. The molecule has 54 valence electrons. The van der Waals surface area contributed by atoms with Crippen LogP contribution in [0.4, 0.5) is 0 Å². The van der Waals surface area contributed by atoms with Gasteiger partial charge in [-0.15, -0.1) is 6.42 Å². The zero-order valence-corrected chi connectivity index (χ0v) is 6.46. The van der Waals surface area contributed by atoms with E-state index in [9.17, 15) is 4.79 Å². The summed E-state index contributed by atoms with van der Waals surface area (Å²) in [5.41, 5.74) is 1.02. The molecule has 0 saturated heterocycles. The third kappa shape index (κ3) is 2.81. The summed E-state index contributed by atoms with van der Waals surface area (Å²) in [5, 5.41) is 0. The van der Waals surface area contributed by atoms with Crippen LogP contribution < -0.4 is 0 Å². The Morgan fingerprint density at radius 3 is 2.30 bits per heavy atom. The van der Waals surface area contributed by atoms with Crippen LogP contribution >= 0.6 is 0 Å². The normalized spacial score (nSPS) is 8.00. The predicted molar refractivity (Wildman–Crippen MR) is 35.8 cm³/mol. The van der Waals surface area contributed by atoms with Gasteiger partial charge in [0.2, 0.25) is 0 Å². The van der Waals surface area contributed by atoms with E-state index in [0.29, 0.717) is 6.42 Å². The molecule has 1 aromatic carbocycles. The van der Waals surface area contributed by atoms with E-state index in [-0.39, 0.29) is 17.1 Å². The molecule has 0 fully saturated rings. The van der Waals surface area contributed by atoms with Crippen LogP contribution in [0.25, 0.3) is 0 Å². The number of rotatable bonds is 2. The van der Waals surface area contributed by atoms with Crippen LogP contribution in [0.3, 0.4) is 0 Å². The van der Waals surface area contributed by atoms with Crippen LogP contribution in [0.1, 0.15) is 5.56 Å². The van der Waals surface area contributed by atoms with Crippen molar-refractivity contribution in [3.63, 3.8) is 0 Å². The van der Waals surface area contributed by atoms with Crippen LogP contribution in [0.2, 0.25) is 0 Å². The van der Waals surface area contributed by atoms with Crippen LogP contribution in [0.5, 0.6) is 0 Å². The molecule has 2 heteroatoms. The number of hydrogen-bond acceptors (Lipinski definition) is 1. The van der Waals surface area contributed by atoms with Crippen molar-refractivity contribution in [2.75, 3.05) is 0 Å². The van der Waals surface area contributed by atoms with Gasteiger partial charge in [-0.3, -0.25) is 6.29 Å². The molecule has 0 aliphatic heterocycles. The molecule has 0 heterocycles. The molecule has 0 atom stereocenters. The largest absolute Gasteiger partial charge is 0.541 e. The van der Waals surface area contributed by atoms with Crippen molar-refractivity contribution in [2.45, 2.75) is 6.42 Å². The molecule has 0 spiro atoms. The maximum absolute atomic E-state index is 9.85. The summed E-state index contributed by atoms with van der Waals surface area (Å²) in [6, 6.07) is 9.56. The smallest absolute Gasteiger partial charge is 0 e. The summed E-state index contributed by atoms with van der Waals surface area (Å²) in [7, 11) is 0. The van der Waals surface area contributed by atoms with Crippen molar-refractivity contribution in [3.8, 4) is 0 Å². The first-order chi connectivity index (χ1) is 4.43. The molecule has 0 aromatic heterocycles. The van der Waals surface area contributed by atoms with Crippen molar-refractivity contribution in [1.82, 2.24) is 0 Å². The van der Waals surface area contributed by atoms with E-state index in [1.807, 2.05) is 36.6 Å². The van der Waals surface area contributed by atoms with E-state index in [1.54, 1.807) is 0 Å². The summed E-state index contributed by atoms with van der Waals surface area (Å²) in [5.74, 6) is 0. The Balaban J connectivity index is 0.000000810. The van der Waals surface area contributed by atoms with Crippen LogP contribution in [-0.4, -0.2) is 6.29 Å². The van der Waals surface area contributed by atoms with Crippen molar-refractivity contribution < 1.29 is 21.9 Å². The summed E-state index contributed by atoms with van der Waals surface area (Å²) in [4.78, 5) is 9.85. The maximum Gasteiger partial charge on any atom is 0 e. The monoisotopic (exact) mass is 175 g/mol. The molecular formula is C8H7FeO-. The van der Waals surface area contributed by atoms with Crippen LogP contribution in [0.15, 0.2) is 30.3 Å². The zero-order chi connectivity index (χ0) is 6.53. The van der Waals surface area contributed by atoms with E-state index in [0.717, 1.165) is 5.56 Å². The standard InChI is InChI=1S/C8H7O.Fe/c9-7-6-8-4-2-1-3-5-8;/h1-5H,6H2;/q-1;. The van der Waals surface area contributed by atoms with Gasteiger partial charge in [-0.2, -0.15) is 0 Å². The Hall–Kier alpha value is -0.591. The van der Waals surface area contributed by atoms with E-state index in [1.165, 1.54) is 0 Å². The number of benzene rings is 1. The fraction of sp³-hybridized carbons (Fsp3) is 0.125. The Labute approximate surface area is 70.9 Å². The van der Waals surface area contributed by atoms with Crippen LogP contribution in [-0.2, 0) is 28.3 Å². The SMILES string of the molecule is O=[C-]Cc1ccccc1.[Fe]. The third-order valence-electron chi connectivity index (χ3n) is 1.12. The van der Waals surface area contributed by atoms with Gasteiger partial charge in [0.15, 0.2) is 0 Å². The second-order valence-electron chi connectivity index (χ2n) is 1.81. The van der Waals surface area contributed by atoms with Crippen molar-refractivity contribution in [2.24, 2.45) is 0 Å². The Bertz CT molecular complexity index is 184. The quantitative estimate of drug-likeness (QED) is 0.489. The molecule has 0 aliphatic carbocycles. The first kappa shape index (κ1) is 9.41. The van der Waals surface area contributed by atoms with Crippen molar-refractivity contribution >= 4 is 6.29 Å². The van der Waals surface area contributed by atoms with E-state index in [2.05, 4.69) is 0 Å². The molecule has 0 bridgehead atoms. The van der Waals surface area contributed by atoms with Gasteiger partial charge >= 0.3 is 0 Å². The van der Waals surface area contributed by atoms with Crippen molar-refractivity contribution in [1.29, 1.82) is 0 Å². The minimum absolute atomic E-state index is 0. The van der Waals surface area contributed by atoms with Gasteiger partial charge < -0.3 is 4.79 Å². The van der Waals surface area contributed by atoms with E-state index in [4.69, 9.17) is 0 Å². The zero-order valence-electron chi connectivity index (χ0n) is 5.36. The topological polar surface area (TPSA) is 17.1 Å². The Kier molecular flexibility index (Phi) is 4.91. The molecular weight excluding hydrogens is 168 g/mol. The van der Waals surface area contributed by atoms with Gasteiger partial charge in [-0.05, 0) is 0 Å². The maximum atomic E-state index is 9.85. The second kappa shape index (κ2) is 5.21. The van der Waals surface area contributed by atoms with Gasteiger partial charge in [0, 0.05) is 17.1 Å². The van der Waals surface area contributed by atoms with E-state index < -0.39 is 0 Å². The molecule has 1 nitrogen and oxygen atoms in total. The van der Waals surface area contributed by atoms with Gasteiger partial charge in [0.25, 0.3) is 0 Å². The average molecular weight is 175 g/mol. The molecule has 0 N–H and O–H groups in total. The molecule has 1 rings (SSSR count). The fourth-order valence-electron chi connectivity index (χ4n) is 0.679.